The second-order valence-corrected chi connectivity index (χ2v) is 7.87. The van der Waals surface area contributed by atoms with Crippen LogP contribution in [0.4, 0.5) is 0 Å². The largest absolute Gasteiger partial charge is 0.497 e. The van der Waals surface area contributed by atoms with Gasteiger partial charge in [0.1, 0.15) is 17.9 Å². The number of aromatic nitrogens is 1. The number of benzene rings is 1. The number of aliphatic hydroxyl groups excluding tert-OH is 1. The third-order valence-electron chi connectivity index (χ3n) is 6.56. The number of ether oxygens (including phenoxy) is 1. The Morgan fingerprint density at radius 2 is 2.24 bits per heavy atom. The van der Waals surface area contributed by atoms with Crippen molar-refractivity contribution in [2.24, 2.45) is 11.8 Å². The molecule has 4 nitrogen and oxygen atoms in total. The molecule has 2 bridgehead atoms. The molecule has 2 aromatic rings. The van der Waals surface area contributed by atoms with E-state index >= 15 is 0 Å². The first kappa shape index (κ1) is 16.6. The molecule has 3 unspecified atom stereocenters. The predicted octanol–water partition coefficient (Wildman–Crippen LogP) is 3.32. The summed E-state index contributed by atoms with van der Waals surface area (Å²) >= 11 is 0. The van der Waals surface area contributed by atoms with Crippen LogP contribution >= 0.6 is 0 Å². The number of aliphatic hydroxyl groups is 1. The van der Waals surface area contributed by atoms with Crippen LogP contribution in [0.2, 0.25) is 0 Å². The minimum atomic E-state index is -0.490. The summed E-state index contributed by atoms with van der Waals surface area (Å²) in [5.74, 6) is 2.03. The number of fused-ring (bicyclic) bond motifs is 4. The first-order valence-corrected chi connectivity index (χ1v) is 9.13. The van der Waals surface area contributed by atoms with Crippen molar-refractivity contribution in [1.29, 1.82) is 0 Å². The van der Waals surface area contributed by atoms with E-state index in [4.69, 9.17) is 4.74 Å². The molecule has 4 heterocycles. The summed E-state index contributed by atoms with van der Waals surface area (Å²) < 4.78 is 6.31. The summed E-state index contributed by atoms with van der Waals surface area (Å²) in [6.45, 7) is 6.26. The highest BCUT2D eigenvalue weighted by Gasteiger charge is 2.51. The van der Waals surface area contributed by atoms with E-state index in [0.717, 1.165) is 46.2 Å². The fraction of sp³-hybridized carbons (Fsp3) is 0.476. The van der Waals surface area contributed by atoms with Gasteiger partial charge in [0, 0.05) is 30.3 Å². The lowest BCUT2D eigenvalue weighted by Crippen LogP contribution is -2.66. The van der Waals surface area contributed by atoms with Crippen molar-refractivity contribution in [3.63, 3.8) is 0 Å². The first-order chi connectivity index (χ1) is 12.1. The normalized spacial score (nSPS) is 32.5. The third kappa shape index (κ3) is 2.64. The van der Waals surface area contributed by atoms with Crippen LogP contribution in [0.25, 0.3) is 10.9 Å². The maximum absolute atomic E-state index is 11.3. The quantitative estimate of drug-likeness (QED) is 0.686. The average Bonchev–Trinajstić information content (AvgIpc) is 2.66. The Morgan fingerprint density at radius 3 is 2.96 bits per heavy atom. The molecule has 3 saturated heterocycles. The van der Waals surface area contributed by atoms with Gasteiger partial charge >= 0.3 is 0 Å². The Balaban J connectivity index is 1.73. The van der Waals surface area contributed by atoms with Gasteiger partial charge in [-0.25, -0.2) is 0 Å². The number of piperidine rings is 3. The molecule has 5 rings (SSSR count). The van der Waals surface area contributed by atoms with Gasteiger partial charge in [-0.05, 0) is 35.7 Å². The Kier molecular flexibility index (Phi) is 4.05. The smallest absolute Gasteiger partial charge is 0.131 e. The fourth-order valence-electron chi connectivity index (χ4n) is 5.03. The molecule has 3 fully saturated rings. The maximum Gasteiger partial charge on any atom is 0.131 e. The monoisotopic (exact) mass is 339 g/mol. The van der Waals surface area contributed by atoms with Crippen LogP contribution in [0, 0.1) is 11.8 Å². The number of likely N-dealkylation sites (N-methyl/N-ethyl adjacent to an activating group) is 1. The molecule has 1 aromatic heterocycles. The highest BCUT2D eigenvalue weighted by atomic mass is 16.5. The molecule has 3 aliphatic heterocycles. The first-order valence-electron chi connectivity index (χ1n) is 9.13. The Hall–Kier alpha value is -1.91. The predicted molar refractivity (Wildman–Crippen MR) is 99.4 cm³/mol. The number of hydrogen-bond acceptors (Lipinski definition) is 3. The highest BCUT2D eigenvalue weighted by molar-refractivity contribution is 5.83. The molecule has 3 aliphatic rings. The second-order valence-electron chi connectivity index (χ2n) is 7.87. The Labute approximate surface area is 149 Å². The van der Waals surface area contributed by atoms with E-state index in [1.807, 2.05) is 24.3 Å². The molecule has 132 valence electrons. The zero-order chi connectivity index (χ0) is 17.6. The zero-order valence-corrected chi connectivity index (χ0v) is 15.1. The van der Waals surface area contributed by atoms with Gasteiger partial charge < -0.3 is 14.3 Å². The topological polar surface area (TPSA) is 42.4 Å². The number of methoxy groups -OCH3 is 1. The van der Waals surface area contributed by atoms with E-state index in [1.165, 1.54) is 6.42 Å². The number of hydrogen-bond donors (Lipinski definition) is 1. The summed E-state index contributed by atoms with van der Waals surface area (Å²) in [7, 11) is 3.96. The fourth-order valence-corrected chi connectivity index (χ4v) is 5.03. The van der Waals surface area contributed by atoms with Crippen LogP contribution in [0.15, 0.2) is 43.1 Å². The van der Waals surface area contributed by atoms with Crippen LogP contribution in [-0.2, 0) is 0 Å². The maximum atomic E-state index is 11.3. The van der Waals surface area contributed by atoms with E-state index in [1.54, 1.807) is 13.3 Å². The third-order valence-corrected chi connectivity index (χ3v) is 6.56. The van der Waals surface area contributed by atoms with Gasteiger partial charge in [-0.1, -0.05) is 6.08 Å². The lowest BCUT2D eigenvalue weighted by atomic mass is 9.72. The molecular weight excluding hydrogens is 312 g/mol. The van der Waals surface area contributed by atoms with E-state index in [-0.39, 0.29) is 6.04 Å². The van der Waals surface area contributed by atoms with Crippen molar-refractivity contribution in [2.45, 2.75) is 25.0 Å². The molecule has 0 radical (unpaired) electrons. The molecule has 5 atom stereocenters. The summed E-state index contributed by atoms with van der Waals surface area (Å²) in [4.78, 5) is 4.45. The number of quaternary nitrogens is 1. The molecule has 0 saturated carbocycles. The molecule has 0 spiro atoms. The molecule has 1 N–H and O–H groups in total. The molecule has 25 heavy (non-hydrogen) atoms. The molecule has 0 amide bonds. The molecular formula is C21H27N2O2+. The van der Waals surface area contributed by atoms with Gasteiger partial charge in [0.25, 0.3) is 0 Å². The molecule has 0 aliphatic carbocycles. The van der Waals surface area contributed by atoms with Crippen molar-refractivity contribution in [1.82, 2.24) is 4.98 Å². The van der Waals surface area contributed by atoms with E-state index in [0.29, 0.717) is 11.8 Å². The van der Waals surface area contributed by atoms with Crippen molar-refractivity contribution < 1.29 is 14.3 Å². The number of pyridine rings is 1. The van der Waals surface area contributed by atoms with Crippen molar-refractivity contribution in [3.05, 3.63) is 48.7 Å². The average molecular weight is 339 g/mol. The minimum Gasteiger partial charge on any atom is -0.497 e. The number of nitrogens with zero attached hydrogens (tertiary/aromatic N) is 2. The lowest BCUT2D eigenvalue weighted by molar-refractivity contribution is -0.956. The summed E-state index contributed by atoms with van der Waals surface area (Å²) in [5.41, 5.74) is 1.87. The van der Waals surface area contributed by atoms with E-state index in [9.17, 15) is 5.11 Å². The lowest BCUT2D eigenvalue weighted by Gasteiger charge is -2.56. The Morgan fingerprint density at radius 1 is 1.40 bits per heavy atom. The second kappa shape index (κ2) is 6.11. The number of rotatable bonds is 4. The van der Waals surface area contributed by atoms with Crippen LogP contribution in [-0.4, -0.2) is 47.9 Å². The van der Waals surface area contributed by atoms with Crippen LogP contribution < -0.4 is 4.74 Å². The van der Waals surface area contributed by atoms with Gasteiger partial charge in [0.2, 0.25) is 0 Å². The van der Waals surface area contributed by atoms with Gasteiger partial charge in [0.15, 0.2) is 0 Å². The summed E-state index contributed by atoms with van der Waals surface area (Å²) in [6, 6.07) is 8.06. The van der Waals surface area contributed by atoms with Gasteiger partial charge in [-0.3, -0.25) is 4.98 Å². The molecule has 1 aromatic carbocycles. The van der Waals surface area contributed by atoms with E-state index in [2.05, 4.69) is 24.7 Å². The van der Waals surface area contributed by atoms with Crippen LogP contribution in [0.3, 0.4) is 0 Å². The van der Waals surface area contributed by atoms with Gasteiger partial charge in [0.05, 0.1) is 32.8 Å². The standard InChI is InChI=1S/C21H27N2O2/c1-4-14-13-23(2)10-8-15(14)11-20(23)21(24)17-7-9-22-19-6-5-16(25-3)12-18(17)19/h4-7,9,12,14-15,20-21,24H,1,8,10-11,13H2,2-3H3/q+1/t14?,15?,20-,21-,23?/m0/s1. The Bertz CT molecular complexity index is 806. The SMILES string of the molecule is C=CC1C[N+]2(C)CCC1C[C@H]2[C@@H](O)c1ccnc2ccc(OC)cc12. The van der Waals surface area contributed by atoms with Crippen LogP contribution in [0.5, 0.6) is 5.75 Å². The summed E-state index contributed by atoms with van der Waals surface area (Å²) in [5, 5.41) is 12.3. The van der Waals surface area contributed by atoms with Crippen molar-refractivity contribution >= 4 is 10.9 Å². The minimum absolute atomic E-state index is 0.228. The zero-order valence-electron chi connectivity index (χ0n) is 15.1. The summed E-state index contributed by atoms with van der Waals surface area (Å²) in [6.07, 6.45) is 5.73. The van der Waals surface area contributed by atoms with Gasteiger partial charge in [-0.2, -0.15) is 0 Å². The molecule has 4 heteroatoms. The van der Waals surface area contributed by atoms with Crippen molar-refractivity contribution in [2.75, 3.05) is 27.2 Å². The highest BCUT2D eigenvalue weighted by Crippen LogP contribution is 2.45. The van der Waals surface area contributed by atoms with Crippen LogP contribution in [0.1, 0.15) is 24.5 Å². The van der Waals surface area contributed by atoms with Crippen molar-refractivity contribution in [3.8, 4) is 5.75 Å². The van der Waals surface area contributed by atoms with E-state index < -0.39 is 6.10 Å². The van der Waals surface area contributed by atoms with Gasteiger partial charge in [-0.15, -0.1) is 6.58 Å².